The summed E-state index contributed by atoms with van der Waals surface area (Å²) in [5.74, 6) is 6.62. The number of ether oxygens (including phenoxy) is 2. The molecule has 1 heterocycles. The van der Waals surface area contributed by atoms with Crippen LogP contribution in [0.2, 0.25) is 0 Å². The summed E-state index contributed by atoms with van der Waals surface area (Å²) in [4.78, 5) is 0. The van der Waals surface area contributed by atoms with E-state index < -0.39 is 0 Å². The van der Waals surface area contributed by atoms with E-state index in [1.807, 2.05) is 6.07 Å². The molecule has 0 aromatic heterocycles. The van der Waals surface area contributed by atoms with Crippen LogP contribution in [0.5, 0.6) is 5.75 Å². The van der Waals surface area contributed by atoms with Gasteiger partial charge >= 0.3 is 0 Å². The monoisotopic (exact) mass is 278 g/mol. The molecule has 0 saturated carbocycles. The van der Waals surface area contributed by atoms with Crippen molar-refractivity contribution in [2.45, 2.75) is 51.2 Å². The molecule has 1 saturated heterocycles. The van der Waals surface area contributed by atoms with Crippen LogP contribution in [-0.4, -0.2) is 19.8 Å². The average Bonchev–Trinajstić information content (AvgIpc) is 2.50. The lowest BCUT2D eigenvalue weighted by Gasteiger charge is -2.25. The Morgan fingerprint density at radius 1 is 1.45 bits per heavy atom. The summed E-state index contributed by atoms with van der Waals surface area (Å²) >= 11 is 0. The molecule has 0 aliphatic carbocycles. The molecule has 0 spiro atoms. The second-order valence-corrected chi connectivity index (χ2v) is 5.51. The average molecular weight is 278 g/mol. The number of benzene rings is 1. The summed E-state index contributed by atoms with van der Waals surface area (Å²) in [6.45, 7) is 3.01. The fraction of sp³-hybridized carbons (Fsp3) is 0.625. The van der Waals surface area contributed by atoms with Crippen molar-refractivity contribution in [2.75, 3.05) is 13.7 Å². The molecule has 1 aromatic rings. The Labute approximate surface area is 121 Å². The normalized spacial score (nSPS) is 20.6. The van der Waals surface area contributed by atoms with Crippen molar-refractivity contribution >= 4 is 0 Å². The molecule has 1 aromatic carbocycles. The molecule has 4 nitrogen and oxygen atoms in total. The molecule has 0 radical (unpaired) electrons. The van der Waals surface area contributed by atoms with Gasteiger partial charge < -0.3 is 9.47 Å². The predicted octanol–water partition coefficient (Wildman–Crippen LogP) is 2.86. The Morgan fingerprint density at radius 2 is 2.30 bits per heavy atom. The molecular weight excluding hydrogens is 252 g/mol. The maximum Gasteiger partial charge on any atom is 0.119 e. The minimum Gasteiger partial charge on any atom is -0.497 e. The van der Waals surface area contributed by atoms with Gasteiger partial charge in [0.1, 0.15) is 5.75 Å². The molecule has 2 unspecified atom stereocenters. The zero-order valence-corrected chi connectivity index (χ0v) is 12.5. The van der Waals surface area contributed by atoms with Gasteiger partial charge in [0, 0.05) is 12.6 Å². The van der Waals surface area contributed by atoms with E-state index in [2.05, 4.69) is 24.5 Å². The van der Waals surface area contributed by atoms with E-state index in [0.717, 1.165) is 25.2 Å². The fourth-order valence-electron chi connectivity index (χ4n) is 2.88. The van der Waals surface area contributed by atoms with Crippen LogP contribution in [0.3, 0.4) is 0 Å². The fourth-order valence-corrected chi connectivity index (χ4v) is 2.88. The van der Waals surface area contributed by atoms with Crippen LogP contribution in [0.15, 0.2) is 18.2 Å². The van der Waals surface area contributed by atoms with Crippen molar-refractivity contribution in [3.05, 3.63) is 29.3 Å². The summed E-state index contributed by atoms with van der Waals surface area (Å²) in [5.41, 5.74) is 5.39. The smallest absolute Gasteiger partial charge is 0.119 e. The van der Waals surface area contributed by atoms with Crippen molar-refractivity contribution in [1.82, 2.24) is 5.43 Å². The lowest BCUT2D eigenvalue weighted by atomic mass is 9.95. The van der Waals surface area contributed by atoms with Gasteiger partial charge in [0.2, 0.25) is 0 Å². The summed E-state index contributed by atoms with van der Waals surface area (Å²) in [5, 5.41) is 0. The van der Waals surface area contributed by atoms with Gasteiger partial charge in [-0.1, -0.05) is 6.07 Å². The second-order valence-electron chi connectivity index (χ2n) is 5.51. The first kappa shape index (κ1) is 15.3. The third kappa shape index (κ3) is 3.95. The van der Waals surface area contributed by atoms with Crippen molar-refractivity contribution in [3.63, 3.8) is 0 Å². The van der Waals surface area contributed by atoms with E-state index in [-0.39, 0.29) is 6.04 Å². The molecule has 0 bridgehead atoms. The van der Waals surface area contributed by atoms with Gasteiger partial charge in [-0.05, 0) is 62.3 Å². The van der Waals surface area contributed by atoms with Crippen LogP contribution in [0.25, 0.3) is 0 Å². The van der Waals surface area contributed by atoms with Gasteiger partial charge in [-0.2, -0.15) is 0 Å². The first-order valence-corrected chi connectivity index (χ1v) is 7.47. The largest absolute Gasteiger partial charge is 0.497 e. The minimum absolute atomic E-state index is 0.173. The molecule has 1 aliphatic rings. The van der Waals surface area contributed by atoms with Crippen molar-refractivity contribution in [3.8, 4) is 5.75 Å². The molecule has 2 rings (SSSR count). The molecule has 0 amide bonds. The predicted molar refractivity (Wildman–Crippen MR) is 80.6 cm³/mol. The highest BCUT2D eigenvalue weighted by molar-refractivity contribution is 5.36. The van der Waals surface area contributed by atoms with E-state index in [9.17, 15) is 0 Å². The lowest BCUT2D eigenvalue weighted by molar-refractivity contribution is 0.00853. The summed E-state index contributed by atoms with van der Waals surface area (Å²) < 4.78 is 11.0. The number of nitrogens with one attached hydrogen (secondary N) is 1. The van der Waals surface area contributed by atoms with E-state index in [4.69, 9.17) is 15.3 Å². The van der Waals surface area contributed by atoms with Gasteiger partial charge in [-0.15, -0.1) is 0 Å². The summed E-state index contributed by atoms with van der Waals surface area (Å²) in [7, 11) is 1.69. The number of hydrogen-bond acceptors (Lipinski definition) is 4. The molecule has 3 N–H and O–H groups in total. The number of hydrazine groups is 1. The topological polar surface area (TPSA) is 56.5 Å². The van der Waals surface area contributed by atoms with Crippen LogP contribution in [0, 0.1) is 6.92 Å². The molecule has 1 aliphatic heterocycles. The van der Waals surface area contributed by atoms with E-state index in [0.29, 0.717) is 6.10 Å². The van der Waals surface area contributed by atoms with E-state index >= 15 is 0 Å². The van der Waals surface area contributed by atoms with Crippen LogP contribution in [0.4, 0.5) is 0 Å². The lowest BCUT2D eigenvalue weighted by Crippen LogP contribution is -2.30. The maximum atomic E-state index is 5.79. The zero-order valence-electron chi connectivity index (χ0n) is 12.5. The van der Waals surface area contributed by atoms with Crippen LogP contribution in [0.1, 0.15) is 49.3 Å². The number of rotatable bonds is 6. The molecule has 1 fully saturated rings. The third-order valence-corrected chi connectivity index (χ3v) is 4.10. The minimum atomic E-state index is 0.173. The molecule has 20 heavy (non-hydrogen) atoms. The highest BCUT2D eigenvalue weighted by Gasteiger charge is 2.18. The third-order valence-electron chi connectivity index (χ3n) is 4.10. The number of methoxy groups -OCH3 is 1. The second kappa shape index (κ2) is 7.62. The highest BCUT2D eigenvalue weighted by Crippen LogP contribution is 2.27. The number of hydrogen-bond donors (Lipinski definition) is 2. The van der Waals surface area contributed by atoms with E-state index in [1.54, 1.807) is 7.11 Å². The van der Waals surface area contributed by atoms with Crippen LogP contribution >= 0.6 is 0 Å². The quantitative estimate of drug-likeness (QED) is 0.620. The Balaban J connectivity index is 1.96. The van der Waals surface area contributed by atoms with Crippen molar-refractivity contribution in [2.24, 2.45) is 5.84 Å². The van der Waals surface area contributed by atoms with Crippen molar-refractivity contribution < 1.29 is 9.47 Å². The maximum absolute atomic E-state index is 5.79. The van der Waals surface area contributed by atoms with Crippen LogP contribution in [-0.2, 0) is 4.74 Å². The van der Waals surface area contributed by atoms with Crippen molar-refractivity contribution in [1.29, 1.82) is 0 Å². The Bertz CT molecular complexity index is 417. The molecular formula is C16H26N2O2. The number of aryl methyl sites for hydroxylation is 1. The standard InChI is InChI=1S/C16H26N2O2/c1-12-11-14(19-2)6-8-15(12)16(18-17)9-7-13-5-3-4-10-20-13/h6,8,11,13,16,18H,3-5,7,9-10,17H2,1-2H3. The van der Waals surface area contributed by atoms with Crippen LogP contribution < -0.4 is 16.0 Å². The molecule has 4 heteroatoms. The zero-order chi connectivity index (χ0) is 14.4. The van der Waals surface area contributed by atoms with Gasteiger partial charge in [-0.25, -0.2) is 0 Å². The Morgan fingerprint density at radius 3 is 2.90 bits per heavy atom. The Hall–Kier alpha value is -1.10. The first-order chi connectivity index (χ1) is 9.74. The SMILES string of the molecule is COc1ccc(C(CCC2CCCCO2)NN)c(C)c1. The summed E-state index contributed by atoms with van der Waals surface area (Å²) in [6.07, 6.45) is 6.12. The molecule has 2 atom stereocenters. The highest BCUT2D eigenvalue weighted by atomic mass is 16.5. The van der Waals surface area contributed by atoms with Gasteiger partial charge in [0.15, 0.2) is 0 Å². The van der Waals surface area contributed by atoms with E-state index in [1.165, 1.54) is 30.4 Å². The summed E-state index contributed by atoms with van der Waals surface area (Å²) in [6, 6.07) is 6.31. The first-order valence-electron chi connectivity index (χ1n) is 7.47. The van der Waals surface area contributed by atoms with Gasteiger partial charge in [0.05, 0.1) is 13.2 Å². The molecule has 112 valence electrons. The Kier molecular flexibility index (Phi) is 5.83. The number of nitrogens with two attached hydrogens (primary N) is 1. The van der Waals surface area contributed by atoms with Gasteiger partial charge in [-0.3, -0.25) is 11.3 Å². The van der Waals surface area contributed by atoms with Gasteiger partial charge in [0.25, 0.3) is 0 Å².